The molecule has 0 bridgehead atoms. The predicted octanol–water partition coefficient (Wildman–Crippen LogP) is 4.36. The number of amides is 2. The van der Waals surface area contributed by atoms with Crippen molar-refractivity contribution >= 4 is 17.6 Å². The van der Waals surface area contributed by atoms with Gasteiger partial charge in [0.25, 0.3) is 11.8 Å². The largest absolute Gasteiger partial charge is 0.357 e. The smallest absolute Gasteiger partial charge is 0.256 e. The second kappa shape index (κ2) is 9.09. The lowest BCUT2D eigenvalue weighted by molar-refractivity contribution is 0.0913. The van der Waals surface area contributed by atoms with Gasteiger partial charge in [0.1, 0.15) is 5.82 Å². The zero-order chi connectivity index (χ0) is 24.5. The van der Waals surface area contributed by atoms with Crippen molar-refractivity contribution in [2.24, 2.45) is 0 Å². The van der Waals surface area contributed by atoms with Crippen molar-refractivity contribution in [1.82, 2.24) is 20.6 Å². The summed E-state index contributed by atoms with van der Waals surface area (Å²) in [6, 6.07) is 23.2. The van der Waals surface area contributed by atoms with Crippen molar-refractivity contribution in [3.63, 3.8) is 0 Å². The summed E-state index contributed by atoms with van der Waals surface area (Å²) in [4.78, 5) is 33.4. The van der Waals surface area contributed by atoms with Crippen LogP contribution in [-0.2, 0) is 5.41 Å². The first-order valence-corrected chi connectivity index (χ1v) is 12.3. The third kappa shape index (κ3) is 4.07. The molecule has 1 saturated heterocycles. The standard InChI is InChI=1S/C29H27N5O2/c35-27(21-8-6-20(7-9-21)19-4-2-1-3-5-19)34-25-16-22(10-13-31-25)24-17-23-26(33-24)29(18-32-28(23)36)11-14-30-15-12-29/h1-10,13,16-17,30,33H,11-12,14-15,18H2,(H,32,36)(H,31,34,35). The van der Waals surface area contributed by atoms with Crippen LogP contribution in [0.15, 0.2) is 79.0 Å². The number of benzene rings is 2. The minimum Gasteiger partial charge on any atom is -0.357 e. The monoisotopic (exact) mass is 477 g/mol. The number of aromatic nitrogens is 2. The van der Waals surface area contributed by atoms with E-state index >= 15 is 0 Å². The first kappa shape index (κ1) is 22.2. The topological polar surface area (TPSA) is 98.9 Å². The number of nitrogens with zero attached hydrogens (tertiary/aromatic N) is 1. The van der Waals surface area contributed by atoms with Gasteiger partial charge in [-0.25, -0.2) is 4.98 Å². The molecule has 2 amide bonds. The quantitative estimate of drug-likeness (QED) is 0.351. The molecule has 2 aromatic heterocycles. The number of piperidine rings is 1. The fraction of sp³-hybridized carbons (Fsp3) is 0.207. The SMILES string of the molecule is O=C(Nc1cc(-c2cc3c([nH]2)C2(CCNCC2)CNC3=O)ccn1)c1ccc(-c2ccccc2)cc1. The van der Waals surface area contributed by atoms with Gasteiger partial charge in [0.2, 0.25) is 0 Å². The van der Waals surface area contributed by atoms with E-state index in [4.69, 9.17) is 0 Å². The van der Waals surface area contributed by atoms with E-state index in [0.717, 1.165) is 54.0 Å². The molecule has 7 heteroatoms. The van der Waals surface area contributed by atoms with E-state index in [1.54, 1.807) is 6.20 Å². The van der Waals surface area contributed by atoms with E-state index in [1.165, 1.54) is 0 Å². The zero-order valence-corrected chi connectivity index (χ0v) is 19.8. The molecule has 6 rings (SSSR count). The number of hydrogen-bond acceptors (Lipinski definition) is 4. The van der Waals surface area contributed by atoms with Gasteiger partial charge in [-0.1, -0.05) is 42.5 Å². The molecular weight excluding hydrogens is 450 g/mol. The molecule has 7 nitrogen and oxygen atoms in total. The lowest BCUT2D eigenvalue weighted by Gasteiger charge is -2.40. The predicted molar refractivity (Wildman–Crippen MR) is 140 cm³/mol. The molecule has 0 saturated carbocycles. The van der Waals surface area contributed by atoms with E-state index in [1.807, 2.05) is 72.8 Å². The Balaban J connectivity index is 1.23. The van der Waals surface area contributed by atoms with Crippen LogP contribution in [0.25, 0.3) is 22.4 Å². The van der Waals surface area contributed by atoms with Gasteiger partial charge in [0.05, 0.1) is 5.56 Å². The summed E-state index contributed by atoms with van der Waals surface area (Å²) in [7, 11) is 0. The van der Waals surface area contributed by atoms with Crippen molar-refractivity contribution in [2.75, 3.05) is 25.0 Å². The summed E-state index contributed by atoms with van der Waals surface area (Å²) in [5.74, 6) is 0.189. The number of pyridine rings is 1. The molecule has 0 aliphatic carbocycles. The van der Waals surface area contributed by atoms with Gasteiger partial charge in [-0.2, -0.15) is 0 Å². The molecule has 2 aromatic carbocycles. The molecular formula is C29H27N5O2. The third-order valence-electron chi connectivity index (χ3n) is 7.31. The lowest BCUT2D eigenvalue weighted by Crippen LogP contribution is -2.51. The highest BCUT2D eigenvalue weighted by molar-refractivity contribution is 6.04. The maximum absolute atomic E-state index is 12.9. The average Bonchev–Trinajstić information content (AvgIpc) is 3.40. The van der Waals surface area contributed by atoms with Crippen molar-refractivity contribution < 1.29 is 9.59 Å². The number of H-pyrrole nitrogens is 1. The van der Waals surface area contributed by atoms with Gasteiger partial charge >= 0.3 is 0 Å². The van der Waals surface area contributed by atoms with Crippen molar-refractivity contribution in [2.45, 2.75) is 18.3 Å². The van der Waals surface area contributed by atoms with Crippen LogP contribution in [0.4, 0.5) is 5.82 Å². The molecule has 0 unspecified atom stereocenters. The first-order chi connectivity index (χ1) is 17.6. The number of anilines is 1. The Morgan fingerprint density at radius 1 is 0.889 bits per heavy atom. The second-order valence-corrected chi connectivity index (χ2v) is 9.51. The number of hydrogen-bond donors (Lipinski definition) is 4. The van der Waals surface area contributed by atoms with Gasteiger partial charge in [-0.05, 0) is 67.4 Å². The number of fused-ring (bicyclic) bond motifs is 2. The Bertz CT molecular complexity index is 1420. The molecule has 36 heavy (non-hydrogen) atoms. The number of carbonyl (C=O) groups is 2. The Labute approximate surface area is 209 Å². The van der Waals surface area contributed by atoms with E-state index in [2.05, 4.69) is 25.9 Å². The summed E-state index contributed by atoms with van der Waals surface area (Å²) < 4.78 is 0. The summed E-state index contributed by atoms with van der Waals surface area (Å²) >= 11 is 0. The highest BCUT2D eigenvalue weighted by Gasteiger charge is 2.42. The summed E-state index contributed by atoms with van der Waals surface area (Å²) in [6.45, 7) is 2.52. The van der Waals surface area contributed by atoms with Gasteiger partial charge in [0, 0.05) is 40.7 Å². The molecule has 180 valence electrons. The van der Waals surface area contributed by atoms with Crippen LogP contribution in [0.1, 0.15) is 39.3 Å². The van der Waals surface area contributed by atoms with Crippen molar-refractivity contribution in [1.29, 1.82) is 0 Å². The Morgan fingerprint density at radius 2 is 1.64 bits per heavy atom. The molecule has 1 fully saturated rings. The Morgan fingerprint density at radius 3 is 2.42 bits per heavy atom. The highest BCUT2D eigenvalue weighted by atomic mass is 16.2. The Hall–Kier alpha value is -4.23. The fourth-order valence-corrected chi connectivity index (χ4v) is 5.27. The molecule has 2 aliphatic rings. The number of rotatable bonds is 4. The number of carbonyl (C=O) groups excluding carboxylic acids is 2. The maximum Gasteiger partial charge on any atom is 0.256 e. The summed E-state index contributed by atoms with van der Waals surface area (Å²) in [5, 5.41) is 9.39. The summed E-state index contributed by atoms with van der Waals surface area (Å²) in [5.41, 5.74) is 6.09. The number of aromatic amines is 1. The van der Waals surface area contributed by atoms with E-state index in [9.17, 15) is 9.59 Å². The molecule has 0 radical (unpaired) electrons. The minimum absolute atomic E-state index is 0.0433. The first-order valence-electron chi connectivity index (χ1n) is 12.3. The zero-order valence-electron chi connectivity index (χ0n) is 19.8. The maximum atomic E-state index is 12.9. The minimum atomic E-state index is -0.224. The highest BCUT2D eigenvalue weighted by Crippen LogP contribution is 2.39. The third-order valence-corrected chi connectivity index (χ3v) is 7.31. The lowest BCUT2D eigenvalue weighted by atomic mass is 9.73. The molecule has 2 aliphatic heterocycles. The molecule has 0 atom stereocenters. The van der Waals surface area contributed by atoms with Crippen LogP contribution in [0.5, 0.6) is 0 Å². The molecule has 4 aromatic rings. The van der Waals surface area contributed by atoms with E-state index in [0.29, 0.717) is 23.5 Å². The number of nitrogens with one attached hydrogen (secondary N) is 4. The van der Waals surface area contributed by atoms with Gasteiger partial charge in [-0.3, -0.25) is 9.59 Å². The van der Waals surface area contributed by atoms with Crippen LogP contribution >= 0.6 is 0 Å². The van der Waals surface area contributed by atoms with E-state index in [-0.39, 0.29) is 17.2 Å². The molecule has 4 heterocycles. The fourth-order valence-electron chi connectivity index (χ4n) is 5.27. The Kier molecular flexibility index (Phi) is 5.62. The molecule has 1 spiro atoms. The van der Waals surface area contributed by atoms with Gasteiger partial charge in [0.15, 0.2) is 0 Å². The van der Waals surface area contributed by atoms with Crippen LogP contribution in [0.2, 0.25) is 0 Å². The van der Waals surface area contributed by atoms with E-state index < -0.39 is 0 Å². The summed E-state index contributed by atoms with van der Waals surface area (Å²) in [6.07, 6.45) is 3.62. The van der Waals surface area contributed by atoms with Gasteiger partial charge in [-0.15, -0.1) is 0 Å². The molecule has 4 N–H and O–H groups in total. The van der Waals surface area contributed by atoms with Crippen molar-refractivity contribution in [3.05, 3.63) is 95.8 Å². The normalized spacial score (nSPS) is 16.3. The second-order valence-electron chi connectivity index (χ2n) is 9.51. The van der Waals surface area contributed by atoms with Crippen LogP contribution in [0, 0.1) is 0 Å². The van der Waals surface area contributed by atoms with Gasteiger partial charge < -0.3 is 20.9 Å². The van der Waals surface area contributed by atoms with Crippen LogP contribution in [-0.4, -0.2) is 41.4 Å². The van der Waals surface area contributed by atoms with Crippen LogP contribution in [0.3, 0.4) is 0 Å². The average molecular weight is 478 g/mol. The van der Waals surface area contributed by atoms with Crippen LogP contribution < -0.4 is 16.0 Å². The van der Waals surface area contributed by atoms with Crippen molar-refractivity contribution in [3.8, 4) is 22.4 Å².